The Kier molecular flexibility index (Phi) is 5.42. The maximum Gasteiger partial charge on any atom is 0.133 e. The van der Waals surface area contributed by atoms with Crippen LogP contribution in [0.25, 0.3) is 0 Å². The van der Waals surface area contributed by atoms with Crippen LogP contribution in [0.4, 0.5) is 5.82 Å². The van der Waals surface area contributed by atoms with Gasteiger partial charge in [0, 0.05) is 25.0 Å². The van der Waals surface area contributed by atoms with Crippen molar-refractivity contribution in [3.05, 3.63) is 11.9 Å². The van der Waals surface area contributed by atoms with Crippen LogP contribution in [-0.2, 0) is 6.42 Å². The van der Waals surface area contributed by atoms with Crippen molar-refractivity contribution in [2.75, 3.05) is 24.7 Å². The molecular weight excluding hydrogens is 210 g/mol. The van der Waals surface area contributed by atoms with Gasteiger partial charge in [0.15, 0.2) is 0 Å². The summed E-state index contributed by atoms with van der Waals surface area (Å²) in [5, 5.41) is 12.8. The summed E-state index contributed by atoms with van der Waals surface area (Å²) in [6, 6.07) is 0. The highest BCUT2D eigenvalue weighted by molar-refractivity contribution is 7.99. The molecule has 0 aliphatic heterocycles. The molecule has 84 valence electrons. The van der Waals surface area contributed by atoms with E-state index in [1.165, 1.54) is 0 Å². The summed E-state index contributed by atoms with van der Waals surface area (Å²) in [6.45, 7) is 2.33. The fourth-order valence-corrected chi connectivity index (χ4v) is 2.29. The second kappa shape index (κ2) is 6.63. The van der Waals surface area contributed by atoms with Crippen molar-refractivity contribution < 1.29 is 5.11 Å². The molecule has 2 N–H and O–H groups in total. The number of hydrogen-bond donors (Lipinski definition) is 2. The molecule has 0 bridgehead atoms. The van der Waals surface area contributed by atoms with Gasteiger partial charge in [0.1, 0.15) is 17.2 Å². The maximum atomic E-state index is 8.71. The molecule has 0 aliphatic rings. The molecule has 1 aromatic heterocycles. The van der Waals surface area contributed by atoms with Crippen molar-refractivity contribution in [2.24, 2.45) is 0 Å². The van der Waals surface area contributed by atoms with E-state index in [2.05, 4.69) is 22.2 Å². The number of thioether (sulfide) groups is 1. The lowest BCUT2D eigenvalue weighted by Gasteiger charge is -2.09. The van der Waals surface area contributed by atoms with Crippen molar-refractivity contribution in [2.45, 2.75) is 24.8 Å². The Balaban J connectivity index is 2.76. The number of aromatic nitrogens is 2. The number of aliphatic hydroxyl groups excluding tert-OH is 1. The van der Waals surface area contributed by atoms with Gasteiger partial charge >= 0.3 is 0 Å². The zero-order valence-corrected chi connectivity index (χ0v) is 9.97. The summed E-state index contributed by atoms with van der Waals surface area (Å²) < 4.78 is 0. The van der Waals surface area contributed by atoms with Gasteiger partial charge in [-0.25, -0.2) is 9.97 Å². The van der Waals surface area contributed by atoms with E-state index in [1.54, 1.807) is 18.1 Å². The molecule has 4 nitrogen and oxygen atoms in total. The van der Waals surface area contributed by atoms with E-state index in [9.17, 15) is 0 Å². The van der Waals surface area contributed by atoms with Crippen molar-refractivity contribution in [3.63, 3.8) is 0 Å². The number of aliphatic hydroxyl groups is 1. The van der Waals surface area contributed by atoms with Crippen LogP contribution in [0.1, 0.15) is 18.9 Å². The van der Waals surface area contributed by atoms with E-state index in [0.717, 1.165) is 35.0 Å². The highest BCUT2D eigenvalue weighted by Crippen LogP contribution is 2.25. The topological polar surface area (TPSA) is 58.0 Å². The third-order valence-electron chi connectivity index (χ3n) is 2.04. The van der Waals surface area contributed by atoms with Crippen LogP contribution in [0, 0.1) is 0 Å². The first-order chi connectivity index (χ1) is 7.33. The second-order valence-electron chi connectivity index (χ2n) is 3.04. The Bertz CT molecular complexity index is 307. The Labute approximate surface area is 94.5 Å². The van der Waals surface area contributed by atoms with E-state index >= 15 is 0 Å². The minimum absolute atomic E-state index is 0.235. The molecule has 5 heteroatoms. The molecule has 0 fully saturated rings. The first kappa shape index (κ1) is 12.3. The lowest BCUT2D eigenvalue weighted by atomic mass is 10.2. The smallest absolute Gasteiger partial charge is 0.133 e. The molecular formula is C10H17N3OS. The minimum atomic E-state index is 0.235. The fraction of sp³-hybridized carbons (Fsp3) is 0.600. The van der Waals surface area contributed by atoms with E-state index in [-0.39, 0.29) is 6.61 Å². The average molecular weight is 227 g/mol. The van der Waals surface area contributed by atoms with Gasteiger partial charge in [-0.2, -0.15) is 0 Å². The largest absolute Gasteiger partial charge is 0.396 e. The number of anilines is 1. The number of nitrogens with zero attached hydrogens (tertiary/aromatic N) is 2. The van der Waals surface area contributed by atoms with Gasteiger partial charge in [-0.1, -0.05) is 6.92 Å². The fourth-order valence-electron chi connectivity index (χ4n) is 1.29. The number of nitrogens with one attached hydrogen (secondary N) is 1. The summed E-state index contributed by atoms with van der Waals surface area (Å²) in [4.78, 5) is 8.43. The van der Waals surface area contributed by atoms with Crippen LogP contribution in [0.15, 0.2) is 11.4 Å². The van der Waals surface area contributed by atoms with Gasteiger partial charge in [0.2, 0.25) is 0 Å². The molecule has 0 radical (unpaired) electrons. The Morgan fingerprint density at radius 2 is 2.27 bits per heavy atom. The third kappa shape index (κ3) is 3.35. The highest BCUT2D eigenvalue weighted by Gasteiger charge is 2.08. The first-order valence-electron chi connectivity index (χ1n) is 5.08. The summed E-state index contributed by atoms with van der Waals surface area (Å²) in [7, 11) is 1.86. The van der Waals surface area contributed by atoms with Gasteiger partial charge in [0.05, 0.1) is 0 Å². The van der Waals surface area contributed by atoms with Crippen molar-refractivity contribution in [1.29, 1.82) is 0 Å². The summed E-state index contributed by atoms with van der Waals surface area (Å²) in [5.41, 5.74) is 1.16. The Morgan fingerprint density at radius 1 is 1.47 bits per heavy atom. The molecule has 1 aromatic rings. The zero-order valence-electron chi connectivity index (χ0n) is 9.16. The van der Waals surface area contributed by atoms with Crippen LogP contribution in [0.3, 0.4) is 0 Å². The van der Waals surface area contributed by atoms with Crippen LogP contribution in [0.5, 0.6) is 0 Å². The summed E-state index contributed by atoms with van der Waals surface area (Å²) >= 11 is 1.67. The lowest BCUT2D eigenvalue weighted by Crippen LogP contribution is -2.01. The van der Waals surface area contributed by atoms with Gasteiger partial charge in [-0.15, -0.1) is 11.8 Å². The average Bonchev–Trinajstić information content (AvgIpc) is 2.29. The maximum absolute atomic E-state index is 8.71. The Hall–Kier alpha value is -0.810. The summed E-state index contributed by atoms with van der Waals surface area (Å²) in [6.07, 6.45) is 3.29. The van der Waals surface area contributed by atoms with Gasteiger partial charge in [0.25, 0.3) is 0 Å². The second-order valence-corrected chi connectivity index (χ2v) is 4.12. The van der Waals surface area contributed by atoms with Crippen molar-refractivity contribution in [1.82, 2.24) is 9.97 Å². The van der Waals surface area contributed by atoms with Crippen LogP contribution < -0.4 is 5.32 Å². The molecule has 0 saturated heterocycles. The zero-order chi connectivity index (χ0) is 11.1. The molecule has 0 unspecified atom stereocenters. The van der Waals surface area contributed by atoms with E-state index in [1.807, 2.05) is 7.05 Å². The van der Waals surface area contributed by atoms with Gasteiger partial charge in [-0.05, 0) is 12.8 Å². The molecule has 0 spiro atoms. The molecule has 1 rings (SSSR count). The van der Waals surface area contributed by atoms with Crippen LogP contribution in [-0.4, -0.2) is 34.5 Å². The molecule has 0 atom stereocenters. The first-order valence-corrected chi connectivity index (χ1v) is 6.07. The highest BCUT2D eigenvalue weighted by atomic mass is 32.2. The third-order valence-corrected chi connectivity index (χ3v) is 3.16. The van der Waals surface area contributed by atoms with Gasteiger partial charge in [-0.3, -0.25) is 0 Å². The predicted molar refractivity (Wildman–Crippen MR) is 63.4 cm³/mol. The normalized spacial score (nSPS) is 10.3. The van der Waals surface area contributed by atoms with Crippen LogP contribution in [0.2, 0.25) is 0 Å². The lowest BCUT2D eigenvalue weighted by molar-refractivity contribution is 0.296. The molecule has 1 heterocycles. The van der Waals surface area contributed by atoms with Crippen molar-refractivity contribution >= 4 is 17.6 Å². The molecule has 15 heavy (non-hydrogen) atoms. The monoisotopic (exact) mass is 227 g/mol. The van der Waals surface area contributed by atoms with Crippen LogP contribution >= 0.6 is 11.8 Å². The van der Waals surface area contributed by atoms with E-state index in [4.69, 9.17) is 5.11 Å². The molecule has 0 aromatic carbocycles. The molecule has 0 aliphatic carbocycles. The summed E-state index contributed by atoms with van der Waals surface area (Å²) in [5.74, 6) is 1.79. The minimum Gasteiger partial charge on any atom is -0.396 e. The standard InChI is InChI=1S/C10H17N3OS/c1-3-8-9(11-2)12-7-13-10(8)15-6-4-5-14/h7,14H,3-6H2,1-2H3,(H,11,12,13). The number of hydrogen-bond acceptors (Lipinski definition) is 5. The predicted octanol–water partition coefficient (Wildman–Crippen LogP) is 1.56. The Morgan fingerprint density at radius 3 is 2.87 bits per heavy atom. The van der Waals surface area contributed by atoms with E-state index < -0.39 is 0 Å². The molecule has 0 saturated carbocycles. The van der Waals surface area contributed by atoms with Gasteiger partial charge < -0.3 is 10.4 Å². The van der Waals surface area contributed by atoms with Crippen molar-refractivity contribution in [3.8, 4) is 0 Å². The quantitative estimate of drug-likeness (QED) is 0.439. The SMILES string of the molecule is CCc1c(NC)ncnc1SCCCO. The number of rotatable bonds is 6. The van der Waals surface area contributed by atoms with E-state index in [0.29, 0.717) is 0 Å². The molecule has 0 amide bonds.